The van der Waals surface area contributed by atoms with Gasteiger partial charge in [0, 0.05) is 0 Å². The lowest BCUT2D eigenvalue weighted by molar-refractivity contribution is 0.0239. The first-order valence-corrected chi connectivity index (χ1v) is 8.63. The second-order valence-corrected chi connectivity index (χ2v) is 7.38. The number of aromatic nitrogens is 5. The summed E-state index contributed by atoms with van der Waals surface area (Å²) >= 11 is 0. The summed E-state index contributed by atoms with van der Waals surface area (Å²) in [4.78, 5) is 30.1. The first-order chi connectivity index (χ1) is 12.8. The van der Waals surface area contributed by atoms with E-state index in [-0.39, 0.29) is 0 Å². The van der Waals surface area contributed by atoms with Crippen LogP contribution in [0.4, 0.5) is 4.79 Å². The predicted molar refractivity (Wildman–Crippen MR) is 95.8 cm³/mol. The van der Waals surface area contributed by atoms with Crippen LogP contribution < -0.4 is 4.84 Å². The Hall–Kier alpha value is -3.23. The molecule has 0 atom stereocenters. The van der Waals surface area contributed by atoms with Crippen molar-refractivity contribution in [2.75, 3.05) is 0 Å². The monoisotopic (exact) mass is 368 g/mol. The highest BCUT2D eigenvalue weighted by Crippen LogP contribution is 2.30. The van der Waals surface area contributed by atoms with Gasteiger partial charge in [0.2, 0.25) is 0 Å². The molecular formula is C18H20N6O3. The molecule has 1 aliphatic heterocycles. The summed E-state index contributed by atoms with van der Waals surface area (Å²) in [5, 5.41) is 8.10. The summed E-state index contributed by atoms with van der Waals surface area (Å²) in [6.07, 6.45) is -0.393. The predicted octanol–water partition coefficient (Wildman–Crippen LogP) is 2.62. The summed E-state index contributed by atoms with van der Waals surface area (Å²) < 4.78 is 5.46. The van der Waals surface area contributed by atoms with Crippen molar-refractivity contribution in [1.82, 2.24) is 30.0 Å². The molecule has 1 aliphatic rings. The van der Waals surface area contributed by atoms with E-state index in [9.17, 15) is 4.79 Å². The lowest BCUT2D eigenvalue weighted by atomic mass is 10.2. The van der Waals surface area contributed by atoms with Crippen LogP contribution in [-0.4, -0.2) is 41.7 Å². The Morgan fingerprint density at radius 1 is 1.15 bits per heavy atom. The van der Waals surface area contributed by atoms with Crippen molar-refractivity contribution in [3.63, 3.8) is 0 Å². The summed E-state index contributed by atoms with van der Waals surface area (Å²) in [5.74, 6) is 0.915. The SMILES string of the molecule is Cc1nc2c(c(On3nnc4ccccc43)n1)CN(C(=O)OC(C)(C)C)C2. The second-order valence-electron chi connectivity index (χ2n) is 7.38. The number of carbonyl (C=O) groups is 1. The summed E-state index contributed by atoms with van der Waals surface area (Å²) in [7, 11) is 0. The summed E-state index contributed by atoms with van der Waals surface area (Å²) in [6.45, 7) is 7.95. The lowest BCUT2D eigenvalue weighted by Crippen LogP contribution is -2.33. The maximum Gasteiger partial charge on any atom is 0.410 e. The first-order valence-electron chi connectivity index (χ1n) is 8.63. The van der Waals surface area contributed by atoms with Gasteiger partial charge in [0.15, 0.2) is 0 Å². The Balaban J connectivity index is 1.63. The molecule has 9 nitrogen and oxygen atoms in total. The van der Waals surface area contributed by atoms with Gasteiger partial charge in [-0.1, -0.05) is 17.0 Å². The molecule has 0 radical (unpaired) electrons. The number of carbonyl (C=O) groups excluding carboxylic acids is 1. The summed E-state index contributed by atoms with van der Waals surface area (Å²) in [5.41, 5.74) is 2.37. The van der Waals surface area contributed by atoms with Crippen LogP contribution in [0.15, 0.2) is 24.3 Å². The van der Waals surface area contributed by atoms with Crippen molar-refractivity contribution >= 4 is 17.1 Å². The standard InChI is InChI=1S/C18H20N6O3/c1-11-19-14-10-23(17(25)26-18(2,3)4)9-12(14)16(20-11)27-24-15-8-6-5-7-13(15)21-22-24/h5-8H,9-10H2,1-4H3. The Morgan fingerprint density at radius 2 is 1.93 bits per heavy atom. The molecule has 4 rings (SSSR count). The summed E-state index contributed by atoms with van der Waals surface area (Å²) in [6, 6.07) is 7.47. The minimum absolute atomic E-state index is 0.312. The van der Waals surface area contributed by atoms with Crippen molar-refractivity contribution in [2.45, 2.75) is 46.4 Å². The number of rotatable bonds is 2. The fourth-order valence-corrected chi connectivity index (χ4v) is 2.87. The molecule has 0 saturated heterocycles. The molecule has 9 heteroatoms. The third-order valence-electron chi connectivity index (χ3n) is 4.00. The van der Waals surface area contributed by atoms with Crippen molar-refractivity contribution in [3.8, 4) is 5.88 Å². The number of aryl methyl sites for hydroxylation is 1. The third-order valence-corrected chi connectivity index (χ3v) is 4.00. The van der Waals surface area contributed by atoms with E-state index in [1.165, 1.54) is 4.85 Å². The van der Waals surface area contributed by atoms with Gasteiger partial charge in [-0.25, -0.2) is 9.78 Å². The molecule has 0 aliphatic carbocycles. The van der Waals surface area contributed by atoms with Gasteiger partial charge in [-0.05, 0) is 45.0 Å². The highest BCUT2D eigenvalue weighted by Gasteiger charge is 2.32. The highest BCUT2D eigenvalue weighted by molar-refractivity contribution is 5.73. The minimum Gasteiger partial charge on any atom is -0.444 e. The van der Waals surface area contributed by atoms with Crippen LogP contribution >= 0.6 is 0 Å². The smallest absolute Gasteiger partial charge is 0.410 e. The quantitative estimate of drug-likeness (QED) is 0.686. The molecule has 1 amide bonds. The number of amides is 1. The average Bonchev–Trinajstić information content (AvgIpc) is 3.18. The zero-order valence-electron chi connectivity index (χ0n) is 15.6. The van der Waals surface area contributed by atoms with Gasteiger partial charge in [-0.3, -0.25) is 4.90 Å². The van der Waals surface area contributed by atoms with Gasteiger partial charge < -0.3 is 9.57 Å². The normalized spacial score (nSPS) is 13.7. The van der Waals surface area contributed by atoms with Crippen LogP contribution in [0.5, 0.6) is 5.88 Å². The lowest BCUT2D eigenvalue weighted by Gasteiger charge is -2.23. The molecule has 27 heavy (non-hydrogen) atoms. The largest absolute Gasteiger partial charge is 0.444 e. The van der Waals surface area contributed by atoms with Gasteiger partial charge in [-0.2, -0.15) is 4.98 Å². The molecule has 140 valence electrons. The van der Waals surface area contributed by atoms with Crippen LogP contribution in [0.1, 0.15) is 37.9 Å². The minimum atomic E-state index is -0.563. The second kappa shape index (κ2) is 6.19. The van der Waals surface area contributed by atoms with Gasteiger partial charge in [0.25, 0.3) is 5.88 Å². The van der Waals surface area contributed by atoms with Gasteiger partial charge in [0.1, 0.15) is 22.5 Å². The zero-order valence-corrected chi connectivity index (χ0v) is 15.6. The van der Waals surface area contributed by atoms with E-state index < -0.39 is 11.7 Å². The molecule has 2 aromatic heterocycles. The zero-order chi connectivity index (χ0) is 19.2. The number of fused-ring (bicyclic) bond motifs is 2. The number of hydrogen-bond donors (Lipinski definition) is 0. The van der Waals surface area contributed by atoms with Crippen molar-refractivity contribution in [2.24, 2.45) is 0 Å². The number of benzene rings is 1. The molecule has 1 aromatic carbocycles. The Morgan fingerprint density at radius 3 is 2.70 bits per heavy atom. The van der Waals surface area contributed by atoms with Crippen molar-refractivity contribution < 1.29 is 14.4 Å². The van der Waals surface area contributed by atoms with Crippen molar-refractivity contribution in [1.29, 1.82) is 0 Å². The van der Waals surface area contributed by atoms with E-state index in [0.29, 0.717) is 24.8 Å². The van der Waals surface area contributed by atoms with E-state index in [0.717, 1.165) is 22.3 Å². The molecule has 0 N–H and O–H groups in total. The van der Waals surface area contributed by atoms with Crippen LogP contribution in [0, 0.1) is 6.92 Å². The van der Waals surface area contributed by atoms with Gasteiger partial charge >= 0.3 is 6.09 Å². The van der Waals surface area contributed by atoms with E-state index in [2.05, 4.69) is 20.3 Å². The van der Waals surface area contributed by atoms with Crippen LogP contribution in [-0.2, 0) is 17.8 Å². The van der Waals surface area contributed by atoms with Crippen molar-refractivity contribution in [3.05, 3.63) is 41.3 Å². The highest BCUT2D eigenvalue weighted by atomic mass is 16.7. The van der Waals surface area contributed by atoms with Crippen LogP contribution in [0.3, 0.4) is 0 Å². The van der Waals surface area contributed by atoms with E-state index in [1.54, 1.807) is 11.8 Å². The van der Waals surface area contributed by atoms with E-state index >= 15 is 0 Å². The Bertz CT molecular complexity index is 1020. The molecule has 0 spiro atoms. The topological polar surface area (TPSA) is 95.3 Å². The molecule has 0 fully saturated rings. The molecule has 3 aromatic rings. The van der Waals surface area contributed by atoms with E-state index in [4.69, 9.17) is 9.57 Å². The molecule has 3 heterocycles. The number of nitrogens with zero attached hydrogens (tertiary/aromatic N) is 6. The number of para-hydroxylation sites is 1. The maximum absolute atomic E-state index is 12.4. The fourth-order valence-electron chi connectivity index (χ4n) is 2.87. The molecule has 0 saturated carbocycles. The number of ether oxygens (including phenoxy) is 1. The maximum atomic E-state index is 12.4. The average molecular weight is 368 g/mol. The third kappa shape index (κ3) is 3.40. The van der Waals surface area contributed by atoms with Crippen LogP contribution in [0.25, 0.3) is 11.0 Å². The Kier molecular flexibility index (Phi) is 3.94. The Labute approximate surface area is 155 Å². The first kappa shape index (κ1) is 17.2. The molecular weight excluding hydrogens is 348 g/mol. The fraction of sp³-hybridized carbons (Fsp3) is 0.389. The van der Waals surface area contributed by atoms with Crippen LogP contribution in [0.2, 0.25) is 0 Å². The molecule has 0 unspecified atom stereocenters. The van der Waals surface area contributed by atoms with Gasteiger partial charge in [0.05, 0.1) is 24.3 Å². The molecule has 0 bridgehead atoms. The number of hydrogen-bond acceptors (Lipinski definition) is 7. The van der Waals surface area contributed by atoms with E-state index in [1.807, 2.05) is 45.0 Å². The van der Waals surface area contributed by atoms with Gasteiger partial charge in [-0.15, -0.1) is 5.10 Å².